The lowest BCUT2D eigenvalue weighted by Crippen LogP contribution is -2.52. The topological polar surface area (TPSA) is 62.2 Å². The van der Waals surface area contributed by atoms with Crippen LogP contribution in [0.3, 0.4) is 0 Å². The van der Waals surface area contributed by atoms with Crippen LogP contribution in [0.4, 0.5) is 5.69 Å². The SMILES string of the molecule is CCN1C(=O)C2(CCN(CC(O)C3COc4ccccc4O3)CC2)c2ccccc21. The minimum Gasteiger partial charge on any atom is -0.486 e. The summed E-state index contributed by atoms with van der Waals surface area (Å²) in [6.45, 7) is 5.13. The standard InChI is InChI=1S/C24H28N2O4/c1-2-26-18-8-4-3-7-17(18)24(23(26)28)11-13-25(14-12-24)15-19(27)22-16-29-20-9-5-6-10-21(20)30-22/h3-10,19,22,27H,2,11-16H2,1H3. The fourth-order valence-corrected chi connectivity index (χ4v) is 5.12. The lowest BCUT2D eigenvalue weighted by Gasteiger charge is -2.40. The summed E-state index contributed by atoms with van der Waals surface area (Å²) in [5.74, 6) is 1.63. The molecule has 1 N–H and O–H groups in total. The van der Waals surface area contributed by atoms with Gasteiger partial charge < -0.3 is 24.4 Å². The molecule has 1 fully saturated rings. The van der Waals surface area contributed by atoms with Crippen LogP contribution in [0.1, 0.15) is 25.3 Å². The van der Waals surface area contributed by atoms with E-state index in [1.54, 1.807) is 0 Å². The van der Waals surface area contributed by atoms with Crippen LogP contribution in [0.15, 0.2) is 48.5 Å². The zero-order chi connectivity index (χ0) is 20.7. The van der Waals surface area contributed by atoms with Gasteiger partial charge in [-0.1, -0.05) is 30.3 Å². The molecule has 2 aromatic carbocycles. The Morgan fingerprint density at radius 3 is 2.57 bits per heavy atom. The van der Waals surface area contributed by atoms with Crippen molar-refractivity contribution in [1.29, 1.82) is 0 Å². The summed E-state index contributed by atoms with van der Waals surface area (Å²) in [5, 5.41) is 10.8. The van der Waals surface area contributed by atoms with Gasteiger partial charge in [-0.05, 0) is 56.6 Å². The van der Waals surface area contributed by atoms with Crippen molar-refractivity contribution in [3.05, 3.63) is 54.1 Å². The Morgan fingerprint density at radius 2 is 1.80 bits per heavy atom. The number of amides is 1. The first kappa shape index (κ1) is 19.4. The fourth-order valence-electron chi connectivity index (χ4n) is 5.12. The van der Waals surface area contributed by atoms with Crippen LogP contribution in [0.25, 0.3) is 0 Å². The van der Waals surface area contributed by atoms with Crippen LogP contribution in [-0.2, 0) is 10.2 Å². The fraction of sp³-hybridized carbons (Fsp3) is 0.458. The number of nitrogens with zero attached hydrogens (tertiary/aromatic N) is 2. The summed E-state index contributed by atoms with van der Waals surface area (Å²) in [7, 11) is 0. The summed E-state index contributed by atoms with van der Waals surface area (Å²) >= 11 is 0. The number of likely N-dealkylation sites (tertiary alicyclic amines) is 1. The Morgan fingerprint density at radius 1 is 1.10 bits per heavy atom. The quantitative estimate of drug-likeness (QED) is 0.843. The number of para-hydroxylation sites is 3. The molecule has 158 valence electrons. The highest BCUT2D eigenvalue weighted by Crippen LogP contribution is 2.47. The van der Waals surface area contributed by atoms with Crippen LogP contribution in [0.2, 0.25) is 0 Å². The maximum Gasteiger partial charge on any atom is 0.237 e. The lowest BCUT2D eigenvalue weighted by atomic mass is 9.73. The van der Waals surface area contributed by atoms with Crippen molar-refractivity contribution in [2.24, 2.45) is 0 Å². The van der Waals surface area contributed by atoms with Crippen molar-refractivity contribution in [2.75, 3.05) is 37.7 Å². The number of anilines is 1. The van der Waals surface area contributed by atoms with Crippen LogP contribution in [-0.4, -0.2) is 60.9 Å². The molecule has 6 nitrogen and oxygen atoms in total. The van der Waals surface area contributed by atoms with Gasteiger partial charge in [0.15, 0.2) is 17.6 Å². The van der Waals surface area contributed by atoms with Gasteiger partial charge in [0.05, 0.1) is 5.41 Å². The second-order valence-corrected chi connectivity index (χ2v) is 8.43. The molecule has 6 heteroatoms. The number of β-amino-alcohol motifs (C(OH)–C–C–N with tert-alkyl or cyclic N) is 1. The number of carbonyl (C=O) groups is 1. The molecule has 2 atom stereocenters. The molecule has 3 heterocycles. The van der Waals surface area contributed by atoms with Gasteiger partial charge in [0.2, 0.25) is 5.91 Å². The third kappa shape index (κ3) is 3.06. The Balaban J connectivity index is 1.24. The van der Waals surface area contributed by atoms with Crippen LogP contribution >= 0.6 is 0 Å². The van der Waals surface area contributed by atoms with Crippen molar-refractivity contribution in [3.63, 3.8) is 0 Å². The molecule has 2 aromatic rings. The Bertz CT molecular complexity index is 938. The average Bonchev–Trinajstić information content (AvgIpc) is 3.02. The van der Waals surface area contributed by atoms with Crippen LogP contribution < -0.4 is 14.4 Å². The zero-order valence-electron chi connectivity index (χ0n) is 17.3. The molecule has 30 heavy (non-hydrogen) atoms. The molecule has 1 saturated heterocycles. The largest absolute Gasteiger partial charge is 0.486 e. The maximum atomic E-state index is 13.3. The first-order chi connectivity index (χ1) is 14.6. The first-order valence-electron chi connectivity index (χ1n) is 10.8. The number of rotatable bonds is 4. The van der Waals surface area contributed by atoms with E-state index in [0.717, 1.165) is 42.9 Å². The van der Waals surface area contributed by atoms with E-state index in [4.69, 9.17) is 9.47 Å². The van der Waals surface area contributed by atoms with E-state index in [1.165, 1.54) is 0 Å². The second-order valence-electron chi connectivity index (χ2n) is 8.43. The lowest BCUT2D eigenvalue weighted by molar-refractivity contribution is -0.125. The molecule has 3 aliphatic heterocycles. The van der Waals surface area contributed by atoms with E-state index in [9.17, 15) is 9.90 Å². The van der Waals surface area contributed by atoms with Crippen LogP contribution in [0, 0.1) is 0 Å². The molecule has 2 unspecified atom stereocenters. The van der Waals surface area contributed by atoms with Gasteiger partial charge in [-0.3, -0.25) is 4.79 Å². The Kier molecular flexibility index (Phi) is 4.91. The molecule has 3 aliphatic rings. The molecule has 1 amide bonds. The highest BCUT2D eigenvalue weighted by molar-refractivity contribution is 6.08. The molecule has 0 saturated carbocycles. The molecule has 0 aromatic heterocycles. The molecule has 0 bridgehead atoms. The summed E-state index contributed by atoms with van der Waals surface area (Å²) in [4.78, 5) is 17.4. The number of benzene rings is 2. The van der Waals surface area contributed by atoms with E-state index in [0.29, 0.717) is 25.4 Å². The number of likely N-dealkylation sites (N-methyl/N-ethyl adjacent to an activating group) is 1. The van der Waals surface area contributed by atoms with E-state index in [1.807, 2.05) is 48.2 Å². The monoisotopic (exact) mass is 408 g/mol. The van der Waals surface area contributed by atoms with Crippen molar-refractivity contribution in [3.8, 4) is 11.5 Å². The number of hydrogen-bond donors (Lipinski definition) is 1. The van der Waals surface area contributed by atoms with Crippen molar-refractivity contribution < 1.29 is 19.4 Å². The smallest absolute Gasteiger partial charge is 0.237 e. The highest BCUT2D eigenvalue weighted by atomic mass is 16.6. The Hall–Kier alpha value is -2.57. The maximum absolute atomic E-state index is 13.3. The molecule has 0 aliphatic carbocycles. The van der Waals surface area contributed by atoms with Gasteiger partial charge >= 0.3 is 0 Å². The average molecular weight is 408 g/mol. The number of hydrogen-bond acceptors (Lipinski definition) is 5. The van der Waals surface area contributed by atoms with Crippen molar-refractivity contribution >= 4 is 11.6 Å². The number of aliphatic hydroxyl groups is 1. The molecular weight excluding hydrogens is 380 g/mol. The number of ether oxygens (including phenoxy) is 2. The van der Waals surface area contributed by atoms with Crippen LogP contribution in [0.5, 0.6) is 11.5 Å². The third-order valence-electron chi connectivity index (χ3n) is 6.80. The summed E-state index contributed by atoms with van der Waals surface area (Å²) in [6.07, 6.45) is 0.514. The summed E-state index contributed by atoms with van der Waals surface area (Å²) < 4.78 is 11.7. The van der Waals surface area contributed by atoms with E-state index in [2.05, 4.69) is 17.0 Å². The molecule has 1 spiro atoms. The first-order valence-corrected chi connectivity index (χ1v) is 10.8. The predicted octanol–water partition coefficient (Wildman–Crippen LogP) is 2.59. The molecule has 5 rings (SSSR count). The van der Waals surface area contributed by atoms with Gasteiger partial charge in [0.25, 0.3) is 0 Å². The number of piperidine rings is 1. The molecular formula is C24H28N2O4. The van der Waals surface area contributed by atoms with Gasteiger partial charge in [-0.15, -0.1) is 0 Å². The van der Waals surface area contributed by atoms with Gasteiger partial charge in [0.1, 0.15) is 12.7 Å². The summed E-state index contributed by atoms with van der Waals surface area (Å²) in [6, 6.07) is 15.7. The number of aliphatic hydroxyl groups excluding tert-OH is 1. The second kappa shape index (κ2) is 7.60. The van der Waals surface area contributed by atoms with Crippen molar-refractivity contribution in [1.82, 2.24) is 4.90 Å². The van der Waals surface area contributed by atoms with Gasteiger partial charge in [-0.25, -0.2) is 0 Å². The van der Waals surface area contributed by atoms with E-state index < -0.39 is 11.5 Å². The number of carbonyl (C=O) groups excluding carboxylic acids is 1. The third-order valence-corrected chi connectivity index (χ3v) is 6.80. The van der Waals surface area contributed by atoms with Gasteiger partial charge in [0, 0.05) is 18.8 Å². The predicted molar refractivity (Wildman–Crippen MR) is 114 cm³/mol. The summed E-state index contributed by atoms with van der Waals surface area (Å²) in [5.41, 5.74) is 1.81. The Labute approximate surface area is 177 Å². The van der Waals surface area contributed by atoms with E-state index in [-0.39, 0.29) is 12.0 Å². The highest BCUT2D eigenvalue weighted by Gasteiger charge is 2.51. The zero-order valence-corrected chi connectivity index (χ0v) is 17.3. The van der Waals surface area contributed by atoms with Gasteiger partial charge in [-0.2, -0.15) is 0 Å². The molecule has 0 radical (unpaired) electrons. The van der Waals surface area contributed by atoms with E-state index >= 15 is 0 Å². The minimum absolute atomic E-state index is 0.229. The normalized spacial score (nSPS) is 23.5. The number of fused-ring (bicyclic) bond motifs is 3. The minimum atomic E-state index is -0.647. The van der Waals surface area contributed by atoms with Crippen molar-refractivity contribution in [2.45, 2.75) is 37.4 Å².